The zero-order valence-electron chi connectivity index (χ0n) is 15.7. The second-order valence-electron chi connectivity index (χ2n) is 6.04. The summed E-state index contributed by atoms with van der Waals surface area (Å²) in [6, 6.07) is 11.9. The number of aromatic nitrogens is 1. The molecule has 2 rings (SSSR count). The largest absolute Gasteiger partial charge is 0.357 e. The molecule has 0 saturated heterocycles. The molecule has 0 fully saturated rings. The molecule has 3 N–H and O–H groups in total. The second kappa shape index (κ2) is 11.0. The van der Waals surface area contributed by atoms with Crippen molar-refractivity contribution in [3.05, 3.63) is 54.4 Å². The molecule has 0 aliphatic carbocycles. The molecule has 0 unspecified atom stereocenters. The van der Waals surface area contributed by atoms with E-state index < -0.39 is 0 Å². The summed E-state index contributed by atoms with van der Waals surface area (Å²) in [6.45, 7) is 7.15. The standard InChI is InChI=1S/C20H29N5O/c1-3-7-19(26)24-18-10-8-17(9-11-18)16-23-20(21-4-2)22-12-15-25-13-5-6-14-25/h5-6,8-11,13-14H,3-4,7,12,15-16H2,1-2H3,(H,24,26)(H2,21,22,23). The van der Waals surface area contributed by atoms with Gasteiger partial charge in [0.05, 0.1) is 6.54 Å². The molecule has 140 valence electrons. The Morgan fingerprint density at radius 2 is 1.81 bits per heavy atom. The van der Waals surface area contributed by atoms with Crippen molar-refractivity contribution < 1.29 is 4.79 Å². The van der Waals surface area contributed by atoms with E-state index in [1.54, 1.807) is 0 Å². The van der Waals surface area contributed by atoms with E-state index in [1.807, 2.05) is 55.7 Å². The van der Waals surface area contributed by atoms with Crippen molar-refractivity contribution in [2.45, 2.75) is 39.8 Å². The van der Waals surface area contributed by atoms with Gasteiger partial charge in [-0.25, -0.2) is 4.99 Å². The van der Waals surface area contributed by atoms with Crippen LogP contribution in [0.15, 0.2) is 53.8 Å². The Balaban J connectivity index is 1.84. The number of guanidine groups is 1. The predicted octanol–water partition coefficient (Wildman–Crippen LogP) is 2.98. The lowest BCUT2D eigenvalue weighted by Crippen LogP contribution is -2.38. The van der Waals surface area contributed by atoms with Crippen LogP contribution in [0.2, 0.25) is 0 Å². The molecule has 1 heterocycles. The number of nitrogens with one attached hydrogen (secondary N) is 3. The van der Waals surface area contributed by atoms with Crippen LogP contribution in [0, 0.1) is 0 Å². The van der Waals surface area contributed by atoms with Gasteiger partial charge in [-0.2, -0.15) is 0 Å². The van der Waals surface area contributed by atoms with E-state index in [0.717, 1.165) is 43.3 Å². The second-order valence-corrected chi connectivity index (χ2v) is 6.04. The molecule has 0 aliphatic heterocycles. The molecule has 1 aromatic carbocycles. The van der Waals surface area contributed by atoms with Crippen LogP contribution in [0.25, 0.3) is 0 Å². The van der Waals surface area contributed by atoms with Gasteiger partial charge in [-0.3, -0.25) is 4.79 Å². The van der Waals surface area contributed by atoms with Gasteiger partial charge >= 0.3 is 0 Å². The Kier molecular flexibility index (Phi) is 8.26. The fourth-order valence-electron chi connectivity index (χ4n) is 2.48. The Bertz CT molecular complexity index is 677. The summed E-state index contributed by atoms with van der Waals surface area (Å²) in [5.74, 6) is 0.861. The van der Waals surface area contributed by atoms with E-state index in [1.165, 1.54) is 0 Å². The van der Waals surface area contributed by atoms with Gasteiger partial charge in [0, 0.05) is 44.1 Å². The minimum absolute atomic E-state index is 0.0552. The van der Waals surface area contributed by atoms with Crippen molar-refractivity contribution >= 4 is 17.6 Å². The molecular weight excluding hydrogens is 326 g/mol. The smallest absolute Gasteiger partial charge is 0.224 e. The minimum atomic E-state index is 0.0552. The van der Waals surface area contributed by atoms with Crippen molar-refractivity contribution in [2.24, 2.45) is 4.99 Å². The molecule has 6 nitrogen and oxygen atoms in total. The van der Waals surface area contributed by atoms with Crippen molar-refractivity contribution in [2.75, 3.05) is 18.4 Å². The number of carbonyl (C=O) groups excluding carboxylic acids is 1. The zero-order chi connectivity index (χ0) is 18.6. The van der Waals surface area contributed by atoms with E-state index >= 15 is 0 Å². The number of benzene rings is 1. The normalized spacial score (nSPS) is 11.2. The van der Waals surface area contributed by atoms with Crippen LogP contribution in [-0.2, 0) is 17.9 Å². The van der Waals surface area contributed by atoms with Crippen LogP contribution in [0.1, 0.15) is 32.3 Å². The molecule has 0 spiro atoms. The molecule has 0 saturated carbocycles. The number of amides is 1. The quantitative estimate of drug-likeness (QED) is 0.478. The summed E-state index contributed by atoms with van der Waals surface area (Å²) < 4.78 is 2.13. The van der Waals surface area contributed by atoms with Gasteiger partial charge in [0.25, 0.3) is 0 Å². The molecule has 0 aliphatic rings. The van der Waals surface area contributed by atoms with Crippen LogP contribution >= 0.6 is 0 Å². The molecule has 0 radical (unpaired) electrons. The first kappa shape index (κ1) is 19.6. The number of hydrogen-bond acceptors (Lipinski definition) is 2. The summed E-state index contributed by atoms with van der Waals surface area (Å²) in [5, 5.41) is 9.49. The maximum Gasteiger partial charge on any atom is 0.224 e. The summed E-state index contributed by atoms with van der Waals surface area (Å²) >= 11 is 0. The maximum absolute atomic E-state index is 11.6. The van der Waals surface area contributed by atoms with Crippen LogP contribution in [-0.4, -0.2) is 29.5 Å². The fourth-order valence-corrected chi connectivity index (χ4v) is 2.48. The number of aliphatic imine (C=N–C) groups is 1. The fraction of sp³-hybridized carbons (Fsp3) is 0.400. The molecular formula is C20H29N5O. The molecule has 1 aromatic heterocycles. The lowest BCUT2D eigenvalue weighted by atomic mass is 10.2. The zero-order valence-corrected chi connectivity index (χ0v) is 15.7. The van der Waals surface area contributed by atoms with Gasteiger partial charge in [0.1, 0.15) is 0 Å². The van der Waals surface area contributed by atoms with Crippen molar-refractivity contribution in [3.63, 3.8) is 0 Å². The minimum Gasteiger partial charge on any atom is -0.357 e. The first-order chi connectivity index (χ1) is 12.7. The van der Waals surface area contributed by atoms with Crippen molar-refractivity contribution in [3.8, 4) is 0 Å². The monoisotopic (exact) mass is 355 g/mol. The van der Waals surface area contributed by atoms with E-state index in [2.05, 4.69) is 32.4 Å². The van der Waals surface area contributed by atoms with Gasteiger partial charge in [0.2, 0.25) is 5.91 Å². The molecule has 0 atom stereocenters. The highest BCUT2D eigenvalue weighted by Gasteiger charge is 2.01. The number of rotatable bonds is 9. The van der Waals surface area contributed by atoms with Crippen LogP contribution in [0.4, 0.5) is 5.69 Å². The Labute approximate surface area is 155 Å². The Morgan fingerprint density at radius 3 is 2.46 bits per heavy atom. The number of nitrogens with zero attached hydrogens (tertiary/aromatic N) is 2. The van der Waals surface area contributed by atoms with Crippen molar-refractivity contribution in [1.29, 1.82) is 0 Å². The number of carbonyl (C=O) groups is 1. The Morgan fingerprint density at radius 1 is 1.08 bits per heavy atom. The van der Waals surface area contributed by atoms with Crippen LogP contribution in [0.3, 0.4) is 0 Å². The van der Waals surface area contributed by atoms with Crippen molar-refractivity contribution in [1.82, 2.24) is 15.2 Å². The summed E-state index contributed by atoms with van der Waals surface area (Å²) in [6.07, 6.45) is 5.50. The van der Waals surface area contributed by atoms with E-state index in [4.69, 9.17) is 0 Å². The van der Waals surface area contributed by atoms with Gasteiger partial charge < -0.3 is 20.5 Å². The highest BCUT2D eigenvalue weighted by atomic mass is 16.1. The SMILES string of the molecule is CCCC(=O)Nc1ccc(CN=C(NCC)NCCn2cccc2)cc1. The lowest BCUT2D eigenvalue weighted by molar-refractivity contribution is -0.116. The third kappa shape index (κ3) is 7.01. The highest BCUT2D eigenvalue weighted by molar-refractivity contribution is 5.90. The maximum atomic E-state index is 11.6. The average Bonchev–Trinajstić information content (AvgIpc) is 3.14. The molecule has 26 heavy (non-hydrogen) atoms. The van der Waals surface area contributed by atoms with E-state index in [0.29, 0.717) is 13.0 Å². The van der Waals surface area contributed by atoms with Gasteiger partial charge in [-0.1, -0.05) is 19.1 Å². The summed E-state index contributed by atoms with van der Waals surface area (Å²) in [4.78, 5) is 16.2. The third-order valence-corrected chi connectivity index (χ3v) is 3.81. The lowest BCUT2D eigenvalue weighted by Gasteiger charge is -2.12. The summed E-state index contributed by atoms with van der Waals surface area (Å²) in [7, 11) is 0. The first-order valence-electron chi connectivity index (χ1n) is 9.23. The number of hydrogen-bond donors (Lipinski definition) is 3. The van der Waals surface area contributed by atoms with Crippen LogP contribution in [0.5, 0.6) is 0 Å². The Hall–Kier alpha value is -2.76. The summed E-state index contributed by atoms with van der Waals surface area (Å²) in [5.41, 5.74) is 1.93. The van der Waals surface area contributed by atoms with E-state index in [-0.39, 0.29) is 5.91 Å². The molecule has 0 bridgehead atoms. The topological polar surface area (TPSA) is 70.4 Å². The molecule has 2 aromatic rings. The van der Waals surface area contributed by atoms with Gasteiger partial charge in [-0.05, 0) is 43.2 Å². The van der Waals surface area contributed by atoms with Crippen LogP contribution < -0.4 is 16.0 Å². The average molecular weight is 355 g/mol. The molecule has 1 amide bonds. The number of anilines is 1. The third-order valence-electron chi connectivity index (χ3n) is 3.81. The predicted molar refractivity (Wildman–Crippen MR) is 107 cm³/mol. The first-order valence-corrected chi connectivity index (χ1v) is 9.23. The van der Waals surface area contributed by atoms with Gasteiger partial charge in [-0.15, -0.1) is 0 Å². The highest BCUT2D eigenvalue weighted by Crippen LogP contribution is 2.11. The van der Waals surface area contributed by atoms with E-state index in [9.17, 15) is 4.79 Å². The molecule has 6 heteroatoms. The van der Waals surface area contributed by atoms with Gasteiger partial charge in [0.15, 0.2) is 5.96 Å².